The summed E-state index contributed by atoms with van der Waals surface area (Å²) in [6, 6.07) is 2.40. The molecule has 4 nitrogen and oxygen atoms in total. The van der Waals surface area contributed by atoms with Gasteiger partial charge in [0, 0.05) is 24.8 Å². The number of hydrogen-bond donors (Lipinski definition) is 1. The van der Waals surface area contributed by atoms with Crippen LogP contribution < -0.4 is 10.1 Å². The van der Waals surface area contributed by atoms with Gasteiger partial charge >= 0.3 is 0 Å². The fourth-order valence-corrected chi connectivity index (χ4v) is 2.83. The van der Waals surface area contributed by atoms with Crippen molar-refractivity contribution in [1.29, 1.82) is 0 Å². The number of hydrogen-bond acceptors (Lipinski definition) is 4. The van der Waals surface area contributed by atoms with Crippen LogP contribution in [0.5, 0.6) is 5.75 Å². The fourth-order valence-electron chi connectivity index (χ4n) is 2.83. The molecule has 0 aliphatic carbocycles. The molecule has 1 saturated heterocycles. The van der Waals surface area contributed by atoms with Crippen molar-refractivity contribution >= 4 is 0 Å². The summed E-state index contributed by atoms with van der Waals surface area (Å²) in [5.74, 6) is 1.36. The zero-order valence-electron chi connectivity index (χ0n) is 12.8. The second kappa shape index (κ2) is 7.60. The summed E-state index contributed by atoms with van der Waals surface area (Å²) in [6.45, 7) is 8.93. The largest absolute Gasteiger partial charge is 0.492 e. The zero-order valence-corrected chi connectivity index (χ0v) is 12.8. The second-order valence-electron chi connectivity index (χ2n) is 5.37. The highest BCUT2D eigenvalue weighted by molar-refractivity contribution is 5.27. The van der Waals surface area contributed by atoms with Crippen LogP contribution in [0, 0.1) is 5.92 Å². The molecule has 0 aromatic carbocycles. The van der Waals surface area contributed by atoms with Crippen molar-refractivity contribution in [3.8, 4) is 5.75 Å². The van der Waals surface area contributed by atoms with Crippen molar-refractivity contribution in [2.24, 2.45) is 5.92 Å². The standard InChI is InChI=1S/C16H26N2O2/c1-4-7-20-14-9-13(10-17-11-14)16(18-5-2)15-6-8-19-12(15)3/h9-12,15-16,18H,4-8H2,1-3H3. The molecule has 0 spiro atoms. The molecular weight excluding hydrogens is 252 g/mol. The molecule has 2 rings (SSSR count). The summed E-state index contributed by atoms with van der Waals surface area (Å²) >= 11 is 0. The van der Waals surface area contributed by atoms with Crippen molar-refractivity contribution in [1.82, 2.24) is 10.3 Å². The van der Waals surface area contributed by atoms with Gasteiger partial charge in [0.25, 0.3) is 0 Å². The molecule has 3 unspecified atom stereocenters. The molecule has 3 atom stereocenters. The van der Waals surface area contributed by atoms with Gasteiger partial charge in [0.2, 0.25) is 0 Å². The Morgan fingerprint density at radius 1 is 1.45 bits per heavy atom. The molecule has 1 aliphatic heterocycles. The molecule has 0 saturated carbocycles. The molecular formula is C16H26N2O2. The third-order valence-corrected chi connectivity index (χ3v) is 3.85. The van der Waals surface area contributed by atoms with Gasteiger partial charge in [-0.3, -0.25) is 4.98 Å². The van der Waals surface area contributed by atoms with E-state index in [1.54, 1.807) is 6.20 Å². The van der Waals surface area contributed by atoms with Crippen LogP contribution in [0.4, 0.5) is 0 Å². The lowest BCUT2D eigenvalue weighted by molar-refractivity contribution is 0.0955. The Kier molecular flexibility index (Phi) is 5.80. The number of ether oxygens (including phenoxy) is 2. The molecule has 20 heavy (non-hydrogen) atoms. The van der Waals surface area contributed by atoms with Crippen LogP contribution in [0.3, 0.4) is 0 Å². The van der Waals surface area contributed by atoms with E-state index in [-0.39, 0.29) is 6.04 Å². The molecule has 1 aliphatic rings. The smallest absolute Gasteiger partial charge is 0.137 e. The lowest BCUT2D eigenvalue weighted by atomic mass is 9.89. The number of nitrogens with one attached hydrogen (secondary N) is 1. The van der Waals surface area contributed by atoms with Crippen LogP contribution in [0.1, 0.15) is 45.2 Å². The SMILES string of the molecule is CCCOc1cncc(C(NCC)C2CCOC2C)c1. The lowest BCUT2D eigenvalue weighted by Crippen LogP contribution is -2.31. The maximum absolute atomic E-state index is 5.72. The van der Waals surface area contributed by atoms with Crippen LogP contribution in [0.25, 0.3) is 0 Å². The molecule has 1 fully saturated rings. The molecule has 0 bridgehead atoms. The van der Waals surface area contributed by atoms with E-state index in [0.29, 0.717) is 12.0 Å². The van der Waals surface area contributed by atoms with Crippen molar-refractivity contribution in [2.45, 2.75) is 45.8 Å². The van der Waals surface area contributed by atoms with Crippen molar-refractivity contribution in [2.75, 3.05) is 19.8 Å². The van der Waals surface area contributed by atoms with Crippen LogP contribution in [-0.4, -0.2) is 30.8 Å². The maximum atomic E-state index is 5.72. The number of nitrogens with zero attached hydrogens (tertiary/aromatic N) is 1. The Balaban J connectivity index is 2.15. The molecule has 0 amide bonds. The average Bonchev–Trinajstić information content (AvgIpc) is 2.89. The van der Waals surface area contributed by atoms with Gasteiger partial charge in [0.1, 0.15) is 5.75 Å². The van der Waals surface area contributed by atoms with Crippen molar-refractivity contribution in [3.05, 3.63) is 24.0 Å². The number of aromatic nitrogens is 1. The third kappa shape index (κ3) is 3.70. The first kappa shape index (κ1) is 15.3. The minimum atomic E-state index is 0.287. The van der Waals surface area contributed by atoms with Crippen LogP contribution in [-0.2, 0) is 4.74 Å². The molecule has 1 aromatic heterocycles. The van der Waals surface area contributed by atoms with Crippen molar-refractivity contribution in [3.63, 3.8) is 0 Å². The van der Waals surface area contributed by atoms with E-state index in [9.17, 15) is 0 Å². The van der Waals surface area contributed by atoms with Crippen LogP contribution in [0.2, 0.25) is 0 Å². The first-order valence-electron chi connectivity index (χ1n) is 7.69. The zero-order chi connectivity index (χ0) is 14.4. The summed E-state index contributed by atoms with van der Waals surface area (Å²) in [5.41, 5.74) is 1.20. The van der Waals surface area contributed by atoms with Gasteiger partial charge in [-0.25, -0.2) is 0 Å². The Labute approximate surface area is 121 Å². The summed E-state index contributed by atoms with van der Waals surface area (Å²) in [4.78, 5) is 4.33. The molecule has 112 valence electrons. The summed E-state index contributed by atoms with van der Waals surface area (Å²) in [6.07, 6.45) is 6.13. The van der Waals surface area contributed by atoms with Gasteiger partial charge in [0.05, 0.1) is 18.9 Å². The summed E-state index contributed by atoms with van der Waals surface area (Å²) < 4.78 is 11.4. The van der Waals surface area contributed by atoms with E-state index in [4.69, 9.17) is 9.47 Å². The van der Waals surface area contributed by atoms with Crippen LogP contribution in [0.15, 0.2) is 18.5 Å². The predicted molar refractivity (Wildman–Crippen MR) is 80.0 cm³/mol. The molecule has 4 heteroatoms. The van der Waals surface area contributed by atoms with Gasteiger partial charge in [0.15, 0.2) is 0 Å². The Morgan fingerprint density at radius 2 is 2.30 bits per heavy atom. The highest BCUT2D eigenvalue weighted by Gasteiger charge is 2.32. The van der Waals surface area contributed by atoms with E-state index in [0.717, 1.165) is 38.3 Å². The van der Waals surface area contributed by atoms with E-state index in [1.807, 2.05) is 6.20 Å². The van der Waals surface area contributed by atoms with E-state index < -0.39 is 0 Å². The first-order chi connectivity index (χ1) is 9.76. The molecule has 0 radical (unpaired) electrons. The molecule has 2 heterocycles. The second-order valence-corrected chi connectivity index (χ2v) is 5.37. The highest BCUT2D eigenvalue weighted by atomic mass is 16.5. The van der Waals surface area contributed by atoms with E-state index in [2.05, 4.69) is 37.1 Å². The first-order valence-corrected chi connectivity index (χ1v) is 7.69. The monoisotopic (exact) mass is 278 g/mol. The van der Waals surface area contributed by atoms with Crippen molar-refractivity contribution < 1.29 is 9.47 Å². The van der Waals surface area contributed by atoms with Gasteiger partial charge in [-0.1, -0.05) is 13.8 Å². The van der Waals surface area contributed by atoms with Gasteiger partial charge in [-0.05, 0) is 37.9 Å². The quantitative estimate of drug-likeness (QED) is 0.833. The maximum Gasteiger partial charge on any atom is 0.137 e. The third-order valence-electron chi connectivity index (χ3n) is 3.85. The molecule has 1 N–H and O–H groups in total. The minimum Gasteiger partial charge on any atom is -0.492 e. The average molecular weight is 278 g/mol. The summed E-state index contributed by atoms with van der Waals surface area (Å²) in [5, 5.41) is 3.58. The fraction of sp³-hybridized carbons (Fsp3) is 0.688. The lowest BCUT2D eigenvalue weighted by Gasteiger charge is -2.27. The van der Waals surface area contributed by atoms with Gasteiger partial charge in [-0.2, -0.15) is 0 Å². The number of pyridine rings is 1. The van der Waals surface area contributed by atoms with Gasteiger partial charge < -0.3 is 14.8 Å². The van der Waals surface area contributed by atoms with Crippen LogP contribution >= 0.6 is 0 Å². The van der Waals surface area contributed by atoms with E-state index >= 15 is 0 Å². The topological polar surface area (TPSA) is 43.4 Å². The Bertz CT molecular complexity index is 411. The van der Waals surface area contributed by atoms with E-state index in [1.165, 1.54) is 5.56 Å². The minimum absolute atomic E-state index is 0.287. The Morgan fingerprint density at radius 3 is 2.95 bits per heavy atom. The predicted octanol–water partition coefficient (Wildman–Crippen LogP) is 2.95. The normalized spacial score (nSPS) is 23.8. The Hall–Kier alpha value is -1.13. The highest BCUT2D eigenvalue weighted by Crippen LogP contribution is 2.34. The van der Waals surface area contributed by atoms with Gasteiger partial charge in [-0.15, -0.1) is 0 Å². The summed E-state index contributed by atoms with van der Waals surface area (Å²) in [7, 11) is 0. The number of rotatable bonds is 7. The molecule has 1 aromatic rings.